The van der Waals surface area contributed by atoms with Crippen molar-refractivity contribution >= 4 is 15.7 Å². The largest absolute Gasteiger partial charge is 0.343 e. The van der Waals surface area contributed by atoms with E-state index in [-0.39, 0.29) is 17.6 Å². The Morgan fingerprint density at radius 1 is 1.14 bits per heavy atom. The van der Waals surface area contributed by atoms with Crippen molar-refractivity contribution in [2.75, 3.05) is 18.8 Å². The van der Waals surface area contributed by atoms with Crippen LogP contribution in [0.5, 0.6) is 0 Å². The van der Waals surface area contributed by atoms with E-state index in [0.717, 1.165) is 29.5 Å². The fourth-order valence-corrected chi connectivity index (χ4v) is 5.42. The lowest BCUT2D eigenvalue weighted by Crippen LogP contribution is -2.38. The minimum atomic E-state index is -3.36. The van der Waals surface area contributed by atoms with Gasteiger partial charge in [0.05, 0.1) is 22.3 Å². The highest BCUT2D eigenvalue weighted by atomic mass is 32.2. The van der Waals surface area contributed by atoms with Crippen LogP contribution < -0.4 is 0 Å². The number of amides is 1. The lowest BCUT2D eigenvalue weighted by Gasteiger charge is -2.31. The first kappa shape index (κ1) is 20.1. The van der Waals surface area contributed by atoms with Gasteiger partial charge in [0.25, 0.3) is 0 Å². The zero-order valence-corrected chi connectivity index (χ0v) is 17.0. The van der Waals surface area contributed by atoms with Crippen LogP contribution in [-0.4, -0.2) is 38.1 Å². The third-order valence-electron chi connectivity index (χ3n) is 5.39. The number of hydrogen-bond acceptors (Lipinski definition) is 4. The fourth-order valence-electron chi connectivity index (χ4n) is 3.72. The van der Waals surface area contributed by atoms with Gasteiger partial charge in [-0.15, -0.1) is 0 Å². The molecule has 1 heterocycles. The minimum absolute atomic E-state index is 0.0509. The van der Waals surface area contributed by atoms with E-state index in [9.17, 15) is 13.2 Å². The van der Waals surface area contributed by atoms with Gasteiger partial charge in [-0.25, -0.2) is 8.42 Å². The molecule has 0 unspecified atom stereocenters. The van der Waals surface area contributed by atoms with Crippen molar-refractivity contribution in [3.05, 3.63) is 53.6 Å². The Hall–Kier alpha value is -2.65. The number of sulfone groups is 1. The van der Waals surface area contributed by atoms with Crippen molar-refractivity contribution in [1.29, 1.82) is 5.26 Å². The van der Waals surface area contributed by atoms with E-state index < -0.39 is 9.84 Å². The van der Waals surface area contributed by atoms with E-state index >= 15 is 0 Å². The van der Waals surface area contributed by atoms with Gasteiger partial charge in [-0.3, -0.25) is 4.79 Å². The number of nitriles is 1. The molecule has 0 saturated carbocycles. The van der Waals surface area contributed by atoms with Gasteiger partial charge < -0.3 is 4.90 Å². The van der Waals surface area contributed by atoms with Crippen molar-refractivity contribution in [2.24, 2.45) is 5.92 Å². The molecule has 0 bridgehead atoms. The minimum Gasteiger partial charge on any atom is -0.343 e. The van der Waals surface area contributed by atoms with Crippen LogP contribution in [0.4, 0.5) is 0 Å². The summed E-state index contributed by atoms with van der Waals surface area (Å²) in [6, 6.07) is 14.6. The summed E-state index contributed by atoms with van der Waals surface area (Å²) in [7, 11) is -3.36. The highest BCUT2D eigenvalue weighted by Gasteiger charge is 2.26. The van der Waals surface area contributed by atoms with Gasteiger partial charge in [-0.2, -0.15) is 5.26 Å². The van der Waals surface area contributed by atoms with Crippen LogP contribution in [0.15, 0.2) is 47.4 Å². The van der Waals surface area contributed by atoms with Crippen molar-refractivity contribution < 1.29 is 13.2 Å². The zero-order chi connectivity index (χ0) is 20.3. The highest BCUT2D eigenvalue weighted by molar-refractivity contribution is 7.91. The molecule has 28 heavy (non-hydrogen) atoms. The number of piperidine rings is 1. The van der Waals surface area contributed by atoms with Crippen LogP contribution in [0, 0.1) is 24.2 Å². The number of aryl methyl sites for hydroxylation is 1. The van der Waals surface area contributed by atoms with Crippen LogP contribution in [0.25, 0.3) is 11.1 Å². The Labute approximate surface area is 166 Å². The number of benzene rings is 2. The van der Waals surface area contributed by atoms with E-state index in [1.807, 2.05) is 31.2 Å². The lowest BCUT2D eigenvalue weighted by atomic mass is 9.99. The van der Waals surface area contributed by atoms with E-state index in [1.165, 1.54) is 0 Å². The Bertz CT molecular complexity index is 1010. The molecule has 0 aromatic heterocycles. The van der Waals surface area contributed by atoms with Crippen LogP contribution >= 0.6 is 0 Å². The monoisotopic (exact) mass is 396 g/mol. The molecule has 0 aliphatic carbocycles. The van der Waals surface area contributed by atoms with Crippen molar-refractivity contribution in [3.8, 4) is 17.2 Å². The fraction of sp³-hybridized carbons (Fsp3) is 0.364. The maximum Gasteiger partial charge on any atom is 0.219 e. The standard InChI is InChI=1S/C22H24N2O3S/c1-16-13-19(14-23)3-8-22(16)20-4-6-21(7-5-20)28(26,27)15-18-9-11-24(12-10-18)17(2)25/h3-8,13,18H,9-12,15H2,1-2H3. The van der Waals surface area contributed by atoms with Gasteiger partial charge in [0.1, 0.15) is 0 Å². The summed E-state index contributed by atoms with van der Waals surface area (Å²) in [6.45, 7) is 4.75. The Kier molecular flexibility index (Phi) is 5.85. The smallest absolute Gasteiger partial charge is 0.219 e. The van der Waals surface area contributed by atoms with Gasteiger partial charge in [-0.1, -0.05) is 18.2 Å². The van der Waals surface area contributed by atoms with E-state index in [2.05, 4.69) is 6.07 Å². The molecular formula is C22H24N2O3S. The summed E-state index contributed by atoms with van der Waals surface area (Å²) in [5, 5.41) is 8.99. The third-order valence-corrected chi connectivity index (χ3v) is 7.30. The molecule has 0 N–H and O–H groups in total. The summed E-state index contributed by atoms with van der Waals surface area (Å²) >= 11 is 0. The quantitative estimate of drug-likeness (QED) is 0.791. The van der Waals surface area contributed by atoms with E-state index in [1.54, 1.807) is 30.0 Å². The predicted molar refractivity (Wildman–Crippen MR) is 108 cm³/mol. The highest BCUT2D eigenvalue weighted by Crippen LogP contribution is 2.27. The van der Waals surface area contributed by atoms with Crippen LogP contribution in [0.3, 0.4) is 0 Å². The molecule has 2 aromatic rings. The summed E-state index contributed by atoms with van der Waals surface area (Å²) in [5.74, 6) is 0.254. The second-order valence-electron chi connectivity index (χ2n) is 7.40. The first-order valence-corrected chi connectivity index (χ1v) is 11.0. The first-order chi connectivity index (χ1) is 13.3. The third kappa shape index (κ3) is 4.42. The number of rotatable bonds is 4. The molecule has 0 spiro atoms. The van der Waals surface area contributed by atoms with Gasteiger partial charge in [0.15, 0.2) is 9.84 Å². The average molecular weight is 397 g/mol. The first-order valence-electron chi connectivity index (χ1n) is 9.39. The van der Waals surface area contributed by atoms with Crippen molar-refractivity contribution in [2.45, 2.75) is 31.6 Å². The average Bonchev–Trinajstić information content (AvgIpc) is 2.68. The summed E-state index contributed by atoms with van der Waals surface area (Å²) < 4.78 is 25.6. The molecule has 0 radical (unpaired) electrons. The van der Waals surface area contributed by atoms with E-state index in [4.69, 9.17) is 5.26 Å². The van der Waals surface area contributed by atoms with E-state index in [0.29, 0.717) is 23.5 Å². The molecule has 6 heteroatoms. The van der Waals surface area contributed by atoms with Crippen LogP contribution in [-0.2, 0) is 14.6 Å². The Morgan fingerprint density at radius 3 is 2.32 bits per heavy atom. The maximum atomic E-state index is 12.8. The van der Waals surface area contributed by atoms with Crippen molar-refractivity contribution in [1.82, 2.24) is 4.90 Å². The molecule has 5 nitrogen and oxygen atoms in total. The molecule has 1 aliphatic rings. The van der Waals surface area contributed by atoms with Crippen molar-refractivity contribution in [3.63, 3.8) is 0 Å². The second kappa shape index (κ2) is 8.15. The number of nitrogens with zero attached hydrogens (tertiary/aromatic N) is 2. The SMILES string of the molecule is CC(=O)N1CCC(CS(=O)(=O)c2ccc(-c3ccc(C#N)cc3C)cc2)CC1. The molecule has 1 saturated heterocycles. The van der Waals surface area contributed by atoms with Crippen LogP contribution in [0.1, 0.15) is 30.9 Å². The Balaban J connectivity index is 1.72. The number of likely N-dealkylation sites (tertiary alicyclic amines) is 1. The molecule has 1 amide bonds. The molecule has 1 fully saturated rings. The predicted octanol–water partition coefficient (Wildman–Crippen LogP) is 3.57. The molecule has 3 rings (SSSR count). The molecule has 1 aliphatic heterocycles. The van der Waals surface area contributed by atoms with Gasteiger partial charge in [0.2, 0.25) is 5.91 Å². The molecule has 0 atom stereocenters. The summed E-state index contributed by atoms with van der Waals surface area (Å²) in [4.78, 5) is 13.5. The normalized spacial score (nSPS) is 15.2. The van der Waals surface area contributed by atoms with Gasteiger partial charge >= 0.3 is 0 Å². The summed E-state index contributed by atoms with van der Waals surface area (Å²) in [6.07, 6.45) is 1.45. The molecule has 146 valence electrons. The number of carbonyl (C=O) groups is 1. The Morgan fingerprint density at radius 2 is 1.79 bits per heavy atom. The zero-order valence-electron chi connectivity index (χ0n) is 16.2. The number of carbonyl (C=O) groups excluding carboxylic acids is 1. The second-order valence-corrected chi connectivity index (χ2v) is 9.43. The number of hydrogen-bond donors (Lipinski definition) is 0. The molecule has 2 aromatic carbocycles. The lowest BCUT2D eigenvalue weighted by molar-refractivity contribution is -0.130. The maximum absolute atomic E-state index is 12.8. The van der Waals surface area contributed by atoms with Gasteiger partial charge in [-0.05, 0) is 66.6 Å². The van der Waals surface area contributed by atoms with Gasteiger partial charge in [0, 0.05) is 20.0 Å². The summed E-state index contributed by atoms with van der Waals surface area (Å²) in [5.41, 5.74) is 3.50. The molecular weight excluding hydrogens is 372 g/mol. The topological polar surface area (TPSA) is 78.2 Å². The van der Waals surface area contributed by atoms with Crippen LogP contribution in [0.2, 0.25) is 0 Å².